The summed E-state index contributed by atoms with van der Waals surface area (Å²) in [6.45, 7) is 2.50. The van der Waals surface area contributed by atoms with Crippen LogP contribution in [0.3, 0.4) is 0 Å². The summed E-state index contributed by atoms with van der Waals surface area (Å²) in [7, 11) is 0. The maximum absolute atomic E-state index is 11.0. The van der Waals surface area contributed by atoms with Crippen LogP contribution in [0.15, 0.2) is 24.3 Å². The van der Waals surface area contributed by atoms with Gasteiger partial charge in [0.2, 0.25) is 0 Å². The van der Waals surface area contributed by atoms with Crippen molar-refractivity contribution in [3.63, 3.8) is 0 Å². The van der Waals surface area contributed by atoms with Crippen molar-refractivity contribution in [2.45, 2.75) is 26.0 Å². The minimum absolute atomic E-state index is 0.275. The van der Waals surface area contributed by atoms with Crippen LogP contribution in [0.25, 0.3) is 0 Å². The molecule has 1 aromatic carbocycles. The molecule has 0 spiro atoms. The van der Waals surface area contributed by atoms with Gasteiger partial charge < -0.3 is 4.74 Å². The van der Waals surface area contributed by atoms with Gasteiger partial charge in [0.15, 0.2) is 6.10 Å². The summed E-state index contributed by atoms with van der Waals surface area (Å²) >= 11 is 0. The Morgan fingerprint density at radius 2 is 2.06 bits per heavy atom. The monoisotopic (exact) mass is 251 g/mol. The molecule has 0 saturated carbocycles. The molecule has 18 heavy (non-hydrogen) atoms. The molecule has 1 aromatic rings. The van der Waals surface area contributed by atoms with Crippen LogP contribution in [-0.4, -0.2) is 23.2 Å². The summed E-state index contributed by atoms with van der Waals surface area (Å²) in [5.74, 6) is -0.630. The number of carbonyl (C=O) groups is 2. The van der Waals surface area contributed by atoms with E-state index in [1.807, 2.05) is 0 Å². The Kier molecular flexibility index (Phi) is 4.53. The average molecular weight is 251 g/mol. The Morgan fingerprint density at radius 3 is 2.56 bits per heavy atom. The van der Waals surface area contributed by atoms with Crippen LogP contribution < -0.4 is 0 Å². The van der Waals surface area contributed by atoms with Crippen LogP contribution in [0, 0.1) is 10.1 Å². The summed E-state index contributed by atoms with van der Waals surface area (Å²) in [4.78, 5) is 32.2. The van der Waals surface area contributed by atoms with E-state index >= 15 is 0 Å². The maximum atomic E-state index is 11.0. The summed E-state index contributed by atoms with van der Waals surface area (Å²) in [6.07, 6.45) is -0.489. The van der Waals surface area contributed by atoms with E-state index in [1.165, 1.54) is 26.0 Å². The third-order valence-electron chi connectivity index (χ3n) is 2.49. The predicted octanol–water partition coefficient (Wildman–Crippen LogP) is 1.77. The molecule has 6 heteroatoms. The van der Waals surface area contributed by atoms with Gasteiger partial charge in [0.05, 0.1) is 0 Å². The lowest BCUT2D eigenvalue weighted by Gasteiger charge is -2.19. The zero-order chi connectivity index (χ0) is 13.7. The maximum Gasteiger partial charge on any atom is 0.303 e. The summed E-state index contributed by atoms with van der Waals surface area (Å²) in [6, 6.07) is 5.19. The second-order valence-corrected chi connectivity index (χ2v) is 3.80. The first-order valence-corrected chi connectivity index (χ1v) is 5.32. The normalized spacial score (nSPS) is 13.4. The van der Waals surface area contributed by atoms with E-state index in [1.54, 1.807) is 12.1 Å². The fourth-order valence-corrected chi connectivity index (χ4v) is 1.59. The van der Waals surface area contributed by atoms with Crippen molar-refractivity contribution in [1.29, 1.82) is 0 Å². The topological polar surface area (TPSA) is 86.5 Å². The standard InChI is InChI=1S/C12H13NO5/c1-8(13(16)17)12(18-9(2)15)11-6-4-3-5-10(11)7-14/h3-8,12H,1-2H3. The lowest BCUT2D eigenvalue weighted by atomic mass is 9.98. The molecule has 0 fully saturated rings. The first-order valence-electron chi connectivity index (χ1n) is 5.32. The SMILES string of the molecule is CC(=O)OC(c1ccccc1C=O)C(C)[N+](=O)[O-]. The van der Waals surface area contributed by atoms with Gasteiger partial charge in [-0.05, 0) is 0 Å². The number of nitro groups is 1. The highest BCUT2D eigenvalue weighted by Crippen LogP contribution is 2.25. The Labute approximate surface area is 104 Å². The van der Waals surface area contributed by atoms with Crippen LogP contribution in [0.1, 0.15) is 35.9 Å². The molecule has 0 radical (unpaired) electrons. The van der Waals surface area contributed by atoms with E-state index < -0.39 is 23.0 Å². The molecular weight excluding hydrogens is 238 g/mol. The third-order valence-corrected chi connectivity index (χ3v) is 2.49. The van der Waals surface area contributed by atoms with E-state index in [4.69, 9.17) is 4.74 Å². The van der Waals surface area contributed by atoms with Crippen molar-refractivity contribution < 1.29 is 19.2 Å². The van der Waals surface area contributed by atoms with E-state index in [-0.39, 0.29) is 5.56 Å². The minimum Gasteiger partial charge on any atom is -0.450 e. The van der Waals surface area contributed by atoms with Crippen LogP contribution in [0.2, 0.25) is 0 Å². The van der Waals surface area contributed by atoms with Crippen LogP contribution in [-0.2, 0) is 9.53 Å². The Hall–Kier alpha value is -2.24. The van der Waals surface area contributed by atoms with Crippen molar-refractivity contribution in [3.8, 4) is 0 Å². The summed E-state index contributed by atoms with van der Waals surface area (Å²) in [5, 5.41) is 10.8. The van der Waals surface area contributed by atoms with Crippen LogP contribution in [0.4, 0.5) is 0 Å². The predicted molar refractivity (Wildman–Crippen MR) is 62.8 cm³/mol. The average Bonchev–Trinajstić information content (AvgIpc) is 2.34. The van der Waals surface area contributed by atoms with E-state index in [0.717, 1.165) is 0 Å². The van der Waals surface area contributed by atoms with Gasteiger partial charge in [-0.1, -0.05) is 24.3 Å². The number of ether oxygens (including phenoxy) is 1. The van der Waals surface area contributed by atoms with Gasteiger partial charge in [0.1, 0.15) is 6.29 Å². The molecule has 2 atom stereocenters. The fraction of sp³-hybridized carbons (Fsp3) is 0.333. The molecule has 0 aromatic heterocycles. The molecule has 0 saturated heterocycles. The highest BCUT2D eigenvalue weighted by molar-refractivity contribution is 5.77. The first-order chi connectivity index (χ1) is 8.47. The summed E-state index contributed by atoms with van der Waals surface area (Å²) < 4.78 is 4.96. The van der Waals surface area contributed by atoms with Crippen LogP contribution >= 0.6 is 0 Å². The van der Waals surface area contributed by atoms with Crippen molar-refractivity contribution >= 4 is 12.3 Å². The molecule has 6 nitrogen and oxygen atoms in total. The van der Waals surface area contributed by atoms with Crippen LogP contribution in [0.5, 0.6) is 0 Å². The molecule has 1 rings (SSSR count). The van der Waals surface area contributed by atoms with E-state index in [0.29, 0.717) is 11.8 Å². The van der Waals surface area contributed by atoms with Crippen molar-refractivity contribution in [3.05, 3.63) is 45.5 Å². The Bertz CT molecular complexity index is 471. The quantitative estimate of drug-likeness (QED) is 0.344. The lowest BCUT2D eigenvalue weighted by molar-refractivity contribution is -0.530. The van der Waals surface area contributed by atoms with Crippen molar-refractivity contribution in [2.24, 2.45) is 0 Å². The number of rotatable bonds is 5. The van der Waals surface area contributed by atoms with Gasteiger partial charge in [-0.2, -0.15) is 0 Å². The van der Waals surface area contributed by atoms with Gasteiger partial charge in [-0.3, -0.25) is 19.7 Å². The smallest absolute Gasteiger partial charge is 0.303 e. The molecule has 96 valence electrons. The number of aldehydes is 1. The van der Waals surface area contributed by atoms with E-state index in [9.17, 15) is 19.7 Å². The second-order valence-electron chi connectivity index (χ2n) is 3.80. The Morgan fingerprint density at radius 1 is 1.44 bits per heavy atom. The largest absolute Gasteiger partial charge is 0.450 e. The molecular formula is C12H13NO5. The van der Waals surface area contributed by atoms with Gasteiger partial charge in [-0.25, -0.2) is 0 Å². The molecule has 0 aliphatic rings. The first kappa shape index (κ1) is 13.8. The molecule has 0 aliphatic heterocycles. The zero-order valence-electron chi connectivity index (χ0n) is 10.0. The third kappa shape index (κ3) is 3.13. The van der Waals surface area contributed by atoms with Gasteiger partial charge in [0.25, 0.3) is 6.04 Å². The van der Waals surface area contributed by atoms with Crippen molar-refractivity contribution in [1.82, 2.24) is 0 Å². The highest BCUT2D eigenvalue weighted by atomic mass is 16.6. The minimum atomic E-state index is -1.13. The number of hydrogen-bond acceptors (Lipinski definition) is 5. The molecule has 0 amide bonds. The second kappa shape index (κ2) is 5.90. The zero-order valence-corrected chi connectivity index (χ0v) is 10.0. The molecule has 0 aliphatic carbocycles. The summed E-state index contributed by atoms with van der Waals surface area (Å²) in [5.41, 5.74) is 0.615. The molecule has 0 heterocycles. The van der Waals surface area contributed by atoms with Gasteiger partial charge in [-0.15, -0.1) is 0 Å². The molecule has 0 N–H and O–H groups in total. The fourth-order valence-electron chi connectivity index (χ4n) is 1.59. The lowest BCUT2D eigenvalue weighted by Crippen LogP contribution is -2.28. The highest BCUT2D eigenvalue weighted by Gasteiger charge is 2.32. The number of hydrogen-bond donors (Lipinski definition) is 0. The van der Waals surface area contributed by atoms with Gasteiger partial charge >= 0.3 is 5.97 Å². The molecule has 2 unspecified atom stereocenters. The number of benzene rings is 1. The Balaban J connectivity index is 3.20. The van der Waals surface area contributed by atoms with Crippen molar-refractivity contribution in [2.75, 3.05) is 0 Å². The molecule has 0 bridgehead atoms. The van der Waals surface area contributed by atoms with Gasteiger partial charge in [0, 0.05) is 29.9 Å². The number of nitrogens with zero attached hydrogens (tertiary/aromatic N) is 1. The number of carbonyl (C=O) groups excluding carboxylic acids is 2. The van der Waals surface area contributed by atoms with E-state index in [2.05, 4.69) is 0 Å². The number of esters is 1.